The predicted octanol–water partition coefficient (Wildman–Crippen LogP) is 2.80. The molecule has 1 saturated carbocycles. The second-order valence-corrected chi connectivity index (χ2v) is 5.43. The van der Waals surface area contributed by atoms with E-state index in [1.165, 1.54) is 32.1 Å². The molecule has 2 N–H and O–H groups in total. The summed E-state index contributed by atoms with van der Waals surface area (Å²) in [4.78, 5) is 11.0. The molecular formula is C13H25NO2. The van der Waals surface area contributed by atoms with E-state index in [4.69, 9.17) is 5.11 Å². The third-order valence-corrected chi connectivity index (χ3v) is 3.71. The maximum absolute atomic E-state index is 11.0. The van der Waals surface area contributed by atoms with Crippen molar-refractivity contribution in [2.24, 2.45) is 5.41 Å². The number of carboxylic acids is 1. The molecular weight excluding hydrogens is 202 g/mol. The lowest BCUT2D eigenvalue weighted by Gasteiger charge is -2.34. The van der Waals surface area contributed by atoms with Crippen LogP contribution in [-0.2, 0) is 4.79 Å². The first-order valence-corrected chi connectivity index (χ1v) is 6.53. The summed E-state index contributed by atoms with van der Waals surface area (Å²) in [7, 11) is 0. The van der Waals surface area contributed by atoms with Crippen molar-refractivity contribution in [3.05, 3.63) is 0 Å². The van der Waals surface area contributed by atoms with Crippen LogP contribution in [0.15, 0.2) is 0 Å². The molecule has 0 bridgehead atoms. The smallest absolute Gasteiger partial charge is 0.320 e. The first kappa shape index (κ1) is 13.5. The van der Waals surface area contributed by atoms with Crippen LogP contribution in [0.4, 0.5) is 0 Å². The summed E-state index contributed by atoms with van der Waals surface area (Å²) >= 11 is 0. The van der Waals surface area contributed by atoms with Gasteiger partial charge in [-0.05, 0) is 24.7 Å². The normalized spacial score (nSPS) is 21.6. The third-order valence-electron chi connectivity index (χ3n) is 3.71. The van der Waals surface area contributed by atoms with Gasteiger partial charge in [-0.2, -0.15) is 0 Å². The Morgan fingerprint density at radius 3 is 2.50 bits per heavy atom. The highest BCUT2D eigenvalue weighted by atomic mass is 16.4. The average molecular weight is 227 g/mol. The Bertz CT molecular complexity index is 222. The van der Waals surface area contributed by atoms with E-state index < -0.39 is 5.97 Å². The highest BCUT2D eigenvalue weighted by molar-refractivity contribution is 5.73. The summed E-state index contributed by atoms with van der Waals surface area (Å²) in [6.07, 6.45) is 8.04. The van der Waals surface area contributed by atoms with E-state index in [1.807, 2.05) is 6.92 Å². The molecule has 0 aromatic rings. The minimum absolute atomic E-state index is 0.319. The monoisotopic (exact) mass is 227 g/mol. The standard InChI is InChI=1S/C13H25NO2/c1-3-7-11(12(15)16)14-10-13(2)8-5-4-6-9-13/h11,14H,3-10H2,1-2H3,(H,15,16). The molecule has 0 heterocycles. The summed E-state index contributed by atoms with van der Waals surface area (Å²) in [5.74, 6) is -0.707. The maximum Gasteiger partial charge on any atom is 0.320 e. The molecule has 1 aliphatic carbocycles. The van der Waals surface area contributed by atoms with E-state index in [0.29, 0.717) is 5.41 Å². The number of rotatable bonds is 6. The van der Waals surface area contributed by atoms with Crippen LogP contribution < -0.4 is 5.32 Å². The molecule has 16 heavy (non-hydrogen) atoms. The Kier molecular flexibility index (Phi) is 5.26. The zero-order valence-electron chi connectivity index (χ0n) is 10.6. The lowest BCUT2D eigenvalue weighted by Crippen LogP contribution is -2.43. The Labute approximate surface area is 98.6 Å². The van der Waals surface area contributed by atoms with Gasteiger partial charge in [0.15, 0.2) is 0 Å². The van der Waals surface area contributed by atoms with Crippen molar-refractivity contribution in [2.75, 3.05) is 6.54 Å². The zero-order valence-corrected chi connectivity index (χ0v) is 10.6. The summed E-state index contributed by atoms with van der Waals surface area (Å²) in [6, 6.07) is -0.358. The van der Waals surface area contributed by atoms with Crippen LogP contribution in [-0.4, -0.2) is 23.7 Å². The predicted molar refractivity (Wildman–Crippen MR) is 65.5 cm³/mol. The Morgan fingerprint density at radius 2 is 2.00 bits per heavy atom. The summed E-state index contributed by atoms with van der Waals surface area (Å²) in [5.41, 5.74) is 0.319. The zero-order chi connectivity index (χ0) is 12.0. The van der Waals surface area contributed by atoms with Crippen LogP contribution in [0.5, 0.6) is 0 Å². The molecule has 1 atom stereocenters. The molecule has 1 rings (SSSR count). The van der Waals surface area contributed by atoms with Crippen molar-refractivity contribution < 1.29 is 9.90 Å². The van der Waals surface area contributed by atoms with Gasteiger partial charge in [0, 0.05) is 6.54 Å². The minimum atomic E-state index is -0.707. The average Bonchev–Trinajstić information content (AvgIpc) is 2.25. The lowest BCUT2D eigenvalue weighted by molar-refractivity contribution is -0.139. The van der Waals surface area contributed by atoms with Gasteiger partial charge in [0.25, 0.3) is 0 Å². The van der Waals surface area contributed by atoms with Gasteiger partial charge in [0.2, 0.25) is 0 Å². The molecule has 1 unspecified atom stereocenters. The molecule has 1 fully saturated rings. The van der Waals surface area contributed by atoms with Gasteiger partial charge in [-0.25, -0.2) is 0 Å². The van der Waals surface area contributed by atoms with Crippen LogP contribution >= 0.6 is 0 Å². The minimum Gasteiger partial charge on any atom is -0.480 e. The second-order valence-electron chi connectivity index (χ2n) is 5.43. The molecule has 0 aromatic heterocycles. The van der Waals surface area contributed by atoms with Gasteiger partial charge in [-0.3, -0.25) is 4.79 Å². The van der Waals surface area contributed by atoms with Gasteiger partial charge in [-0.15, -0.1) is 0 Å². The largest absolute Gasteiger partial charge is 0.480 e. The van der Waals surface area contributed by atoms with Crippen molar-refractivity contribution in [1.29, 1.82) is 0 Å². The molecule has 0 amide bonds. The van der Waals surface area contributed by atoms with Crippen molar-refractivity contribution in [3.8, 4) is 0 Å². The van der Waals surface area contributed by atoms with Gasteiger partial charge in [0.05, 0.1) is 0 Å². The second kappa shape index (κ2) is 6.24. The number of carboxylic acid groups (broad SMARTS) is 1. The van der Waals surface area contributed by atoms with E-state index in [0.717, 1.165) is 19.4 Å². The number of nitrogens with one attached hydrogen (secondary N) is 1. The Morgan fingerprint density at radius 1 is 1.38 bits per heavy atom. The van der Waals surface area contributed by atoms with Crippen LogP contribution in [0.25, 0.3) is 0 Å². The lowest BCUT2D eigenvalue weighted by atomic mass is 9.75. The topological polar surface area (TPSA) is 49.3 Å². The Hall–Kier alpha value is -0.570. The third kappa shape index (κ3) is 4.12. The molecule has 0 aliphatic heterocycles. The highest BCUT2D eigenvalue weighted by Gasteiger charge is 2.28. The van der Waals surface area contributed by atoms with E-state index in [9.17, 15) is 4.79 Å². The number of hydrogen-bond acceptors (Lipinski definition) is 2. The quantitative estimate of drug-likeness (QED) is 0.733. The van der Waals surface area contributed by atoms with E-state index in [2.05, 4.69) is 12.2 Å². The van der Waals surface area contributed by atoms with Gasteiger partial charge >= 0.3 is 5.97 Å². The van der Waals surface area contributed by atoms with E-state index in [-0.39, 0.29) is 6.04 Å². The van der Waals surface area contributed by atoms with Crippen molar-refractivity contribution in [3.63, 3.8) is 0 Å². The SMILES string of the molecule is CCCC(NCC1(C)CCCCC1)C(=O)O. The molecule has 0 radical (unpaired) electrons. The Balaban J connectivity index is 2.37. The van der Waals surface area contributed by atoms with Crippen LogP contribution in [0, 0.1) is 5.41 Å². The summed E-state index contributed by atoms with van der Waals surface area (Å²) in [6.45, 7) is 5.16. The van der Waals surface area contributed by atoms with Crippen molar-refractivity contribution in [1.82, 2.24) is 5.32 Å². The van der Waals surface area contributed by atoms with Gasteiger partial charge < -0.3 is 10.4 Å². The molecule has 0 saturated heterocycles. The molecule has 94 valence electrons. The van der Waals surface area contributed by atoms with Crippen LogP contribution in [0.3, 0.4) is 0 Å². The molecule has 1 aliphatic rings. The van der Waals surface area contributed by atoms with Crippen LogP contribution in [0.1, 0.15) is 58.8 Å². The molecule has 3 nitrogen and oxygen atoms in total. The summed E-state index contributed by atoms with van der Waals surface area (Å²) in [5, 5.41) is 12.3. The molecule has 0 spiro atoms. The fraction of sp³-hybridized carbons (Fsp3) is 0.923. The molecule has 3 heteroatoms. The van der Waals surface area contributed by atoms with Gasteiger partial charge in [-0.1, -0.05) is 39.5 Å². The number of aliphatic carboxylic acids is 1. The first-order valence-electron chi connectivity index (χ1n) is 6.53. The van der Waals surface area contributed by atoms with Crippen molar-refractivity contribution >= 4 is 5.97 Å². The van der Waals surface area contributed by atoms with E-state index in [1.54, 1.807) is 0 Å². The molecule has 0 aromatic carbocycles. The fourth-order valence-corrected chi connectivity index (χ4v) is 2.55. The fourth-order valence-electron chi connectivity index (χ4n) is 2.55. The first-order chi connectivity index (χ1) is 7.57. The number of hydrogen-bond donors (Lipinski definition) is 2. The van der Waals surface area contributed by atoms with Crippen molar-refractivity contribution in [2.45, 2.75) is 64.8 Å². The van der Waals surface area contributed by atoms with Gasteiger partial charge in [0.1, 0.15) is 6.04 Å². The highest BCUT2D eigenvalue weighted by Crippen LogP contribution is 2.35. The number of carbonyl (C=O) groups is 1. The van der Waals surface area contributed by atoms with Crippen LogP contribution in [0.2, 0.25) is 0 Å². The summed E-state index contributed by atoms with van der Waals surface area (Å²) < 4.78 is 0. The maximum atomic E-state index is 11.0. The van der Waals surface area contributed by atoms with E-state index >= 15 is 0 Å².